The molecular weight excluding hydrogens is 200 g/mol. The van der Waals surface area contributed by atoms with E-state index in [1.807, 2.05) is 24.3 Å². The minimum absolute atomic E-state index is 0.344. The fourth-order valence-corrected chi connectivity index (χ4v) is 1.49. The first-order chi connectivity index (χ1) is 6.83. The van der Waals surface area contributed by atoms with E-state index in [9.17, 15) is 0 Å². The molecular formula is C9H9ClN4. The molecule has 0 aliphatic heterocycles. The number of nitrogens with zero attached hydrogens (tertiary/aromatic N) is 2. The predicted octanol–water partition coefficient (Wildman–Crippen LogP) is 1.58. The number of aromatic nitrogens is 3. The Kier molecular flexibility index (Phi) is 2.47. The third kappa shape index (κ3) is 1.49. The van der Waals surface area contributed by atoms with Crippen molar-refractivity contribution in [3.8, 4) is 11.3 Å². The van der Waals surface area contributed by atoms with Crippen molar-refractivity contribution in [2.75, 3.05) is 0 Å². The highest BCUT2D eigenvalue weighted by Gasteiger charge is 2.10. The monoisotopic (exact) mass is 208 g/mol. The second-order valence-electron chi connectivity index (χ2n) is 2.80. The highest BCUT2D eigenvalue weighted by molar-refractivity contribution is 6.33. The van der Waals surface area contributed by atoms with Gasteiger partial charge in [0.15, 0.2) is 0 Å². The second-order valence-corrected chi connectivity index (χ2v) is 3.21. The second kappa shape index (κ2) is 3.77. The Labute approximate surface area is 86.1 Å². The van der Waals surface area contributed by atoms with Crippen molar-refractivity contribution < 1.29 is 0 Å². The van der Waals surface area contributed by atoms with Gasteiger partial charge in [-0.3, -0.25) is 0 Å². The first-order valence-corrected chi connectivity index (χ1v) is 4.55. The van der Waals surface area contributed by atoms with Gasteiger partial charge in [0.1, 0.15) is 11.4 Å². The molecule has 0 unspecified atom stereocenters. The summed E-state index contributed by atoms with van der Waals surface area (Å²) in [4.78, 5) is 0. The van der Waals surface area contributed by atoms with Gasteiger partial charge >= 0.3 is 0 Å². The van der Waals surface area contributed by atoms with Gasteiger partial charge in [-0.2, -0.15) is 15.4 Å². The van der Waals surface area contributed by atoms with Crippen molar-refractivity contribution in [3.63, 3.8) is 0 Å². The highest BCUT2D eigenvalue weighted by atomic mass is 35.5. The summed E-state index contributed by atoms with van der Waals surface area (Å²) in [6.07, 6.45) is 0. The molecule has 0 bridgehead atoms. The van der Waals surface area contributed by atoms with E-state index in [0.717, 1.165) is 17.0 Å². The van der Waals surface area contributed by atoms with Crippen LogP contribution in [0, 0.1) is 0 Å². The van der Waals surface area contributed by atoms with Gasteiger partial charge in [-0.05, 0) is 6.07 Å². The van der Waals surface area contributed by atoms with Crippen LogP contribution in [0.25, 0.3) is 11.3 Å². The molecule has 0 saturated heterocycles. The van der Waals surface area contributed by atoms with E-state index < -0.39 is 0 Å². The Balaban J connectivity index is 2.54. The molecule has 0 fully saturated rings. The molecule has 2 rings (SSSR count). The van der Waals surface area contributed by atoms with Crippen molar-refractivity contribution >= 4 is 11.6 Å². The van der Waals surface area contributed by atoms with E-state index >= 15 is 0 Å². The van der Waals surface area contributed by atoms with Crippen molar-refractivity contribution in [2.24, 2.45) is 5.73 Å². The molecule has 1 heterocycles. The quantitative estimate of drug-likeness (QED) is 0.788. The number of benzene rings is 1. The molecule has 0 saturated carbocycles. The molecule has 14 heavy (non-hydrogen) atoms. The Hall–Kier alpha value is -1.39. The fourth-order valence-electron chi connectivity index (χ4n) is 1.26. The lowest BCUT2D eigenvalue weighted by Crippen LogP contribution is -1.98. The zero-order valence-electron chi connectivity index (χ0n) is 7.37. The summed E-state index contributed by atoms with van der Waals surface area (Å²) in [5, 5.41) is 11.1. The molecule has 0 aliphatic rings. The number of halogens is 1. The average Bonchev–Trinajstić information content (AvgIpc) is 2.66. The van der Waals surface area contributed by atoms with Gasteiger partial charge in [-0.1, -0.05) is 29.8 Å². The van der Waals surface area contributed by atoms with Crippen LogP contribution in [0.15, 0.2) is 24.3 Å². The van der Waals surface area contributed by atoms with Crippen LogP contribution in [0.1, 0.15) is 5.69 Å². The normalized spacial score (nSPS) is 10.4. The first kappa shape index (κ1) is 9.18. The Morgan fingerprint density at radius 2 is 2.07 bits per heavy atom. The van der Waals surface area contributed by atoms with Gasteiger partial charge < -0.3 is 5.73 Å². The summed E-state index contributed by atoms with van der Waals surface area (Å²) >= 11 is 6.02. The predicted molar refractivity (Wildman–Crippen MR) is 54.7 cm³/mol. The van der Waals surface area contributed by atoms with E-state index in [4.69, 9.17) is 17.3 Å². The Morgan fingerprint density at radius 1 is 1.29 bits per heavy atom. The fraction of sp³-hybridized carbons (Fsp3) is 0.111. The minimum Gasteiger partial charge on any atom is -0.325 e. The summed E-state index contributed by atoms with van der Waals surface area (Å²) in [7, 11) is 0. The largest absolute Gasteiger partial charge is 0.325 e. The number of nitrogens with two attached hydrogens (primary N) is 1. The van der Waals surface area contributed by atoms with Crippen LogP contribution >= 0.6 is 11.6 Å². The number of hydrogen-bond donors (Lipinski definition) is 2. The molecule has 1 aromatic carbocycles. The standard InChI is InChI=1S/C9H9ClN4/c10-7-4-2-1-3-6(7)9-8(5-11)12-14-13-9/h1-4H,5,11H2,(H,12,13,14). The number of nitrogens with one attached hydrogen (secondary N) is 1. The van der Waals surface area contributed by atoms with Crippen molar-refractivity contribution in [2.45, 2.75) is 6.54 Å². The maximum absolute atomic E-state index is 6.02. The molecule has 0 amide bonds. The lowest BCUT2D eigenvalue weighted by atomic mass is 10.1. The summed E-state index contributed by atoms with van der Waals surface area (Å²) in [5.74, 6) is 0. The molecule has 5 heteroatoms. The molecule has 0 spiro atoms. The maximum atomic E-state index is 6.02. The van der Waals surface area contributed by atoms with Crippen LogP contribution < -0.4 is 5.73 Å². The number of rotatable bonds is 2. The van der Waals surface area contributed by atoms with Crippen molar-refractivity contribution in [1.29, 1.82) is 0 Å². The maximum Gasteiger partial charge on any atom is 0.118 e. The van der Waals surface area contributed by atoms with Crippen molar-refractivity contribution in [3.05, 3.63) is 35.0 Å². The molecule has 0 radical (unpaired) electrons. The molecule has 2 aromatic rings. The molecule has 3 N–H and O–H groups in total. The van der Waals surface area contributed by atoms with Crippen LogP contribution in [0.3, 0.4) is 0 Å². The van der Waals surface area contributed by atoms with Gasteiger partial charge in [-0.15, -0.1) is 0 Å². The van der Waals surface area contributed by atoms with Crippen LogP contribution in [0.2, 0.25) is 5.02 Å². The van der Waals surface area contributed by atoms with Gasteiger partial charge in [0.25, 0.3) is 0 Å². The van der Waals surface area contributed by atoms with E-state index in [0.29, 0.717) is 11.6 Å². The van der Waals surface area contributed by atoms with Crippen molar-refractivity contribution in [1.82, 2.24) is 15.4 Å². The average molecular weight is 209 g/mol. The molecule has 1 aromatic heterocycles. The zero-order valence-corrected chi connectivity index (χ0v) is 8.12. The topological polar surface area (TPSA) is 67.6 Å². The SMILES string of the molecule is NCc1n[nH]nc1-c1ccccc1Cl. The van der Waals surface area contributed by atoms with Crippen LogP contribution in [-0.4, -0.2) is 15.4 Å². The van der Waals surface area contributed by atoms with Crippen LogP contribution in [0.5, 0.6) is 0 Å². The summed E-state index contributed by atoms with van der Waals surface area (Å²) in [6, 6.07) is 7.47. The number of H-pyrrole nitrogens is 1. The van der Waals surface area contributed by atoms with Gasteiger partial charge in [-0.25, -0.2) is 0 Å². The third-order valence-electron chi connectivity index (χ3n) is 1.94. The number of aromatic amines is 1. The lowest BCUT2D eigenvalue weighted by molar-refractivity contribution is 0.898. The summed E-state index contributed by atoms with van der Waals surface area (Å²) < 4.78 is 0. The van der Waals surface area contributed by atoms with E-state index in [1.54, 1.807) is 0 Å². The third-order valence-corrected chi connectivity index (χ3v) is 2.27. The molecule has 0 atom stereocenters. The van der Waals surface area contributed by atoms with Gasteiger partial charge in [0.2, 0.25) is 0 Å². The van der Waals surface area contributed by atoms with Crippen LogP contribution in [-0.2, 0) is 6.54 Å². The smallest absolute Gasteiger partial charge is 0.118 e. The molecule has 72 valence electrons. The van der Waals surface area contributed by atoms with E-state index in [2.05, 4.69) is 15.4 Å². The Bertz CT molecular complexity index is 438. The zero-order chi connectivity index (χ0) is 9.97. The molecule has 4 nitrogen and oxygen atoms in total. The Morgan fingerprint density at radius 3 is 2.79 bits per heavy atom. The molecule has 0 aliphatic carbocycles. The van der Waals surface area contributed by atoms with Gasteiger partial charge in [0.05, 0.1) is 5.02 Å². The summed E-state index contributed by atoms with van der Waals surface area (Å²) in [5.41, 5.74) is 7.81. The number of hydrogen-bond acceptors (Lipinski definition) is 3. The minimum atomic E-state index is 0.344. The van der Waals surface area contributed by atoms with Gasteiger partial charge in [0, 0.05) is 12.1 Å². The highest BCUT2D eigenvalue weighted by Crippen LogP contribution is 2.26. The van der Waals surface area contributed by atoms with Crippen LogP contribution in [0.4, 0.5) is 0 Å². The summed E-state index contributed by atoms with van der Waals surface area (Å²) in [6.45, 7) is 0.344. The first-order valence-electron chi connectivity index (χ1n) is 4.17. The lowest BCUT2D eigenvalue weighted by Gasteiger charge is -2.00. The van der Waals surface area contributed by atoms with E-state index in [1.165, 1.54) is 0 Å². The van der Waals surface area contributed by atoms with E-state index in [-0.39, 0.29) is 0 Å².